The number of nitro groups is 1. The normalized spacial score (nSPS) is 10.0. The number of aldehydes is 1. The standard InChI is InChI=1S/C11H7NO3S/c13-7-11-10(4-5-16-11)8-2-1-3-9(6-8)12(14)15/h1-7H. The first-order chi connectivity index (χ1) is 7.72. The molecule has 0 amide bonds. The second-order valence-electron chi connectivity index (χ2n) is 3.12. The van der Waals surface area contributed by atoms with E-state index in [0.29, 0.717) is 10.4 Å². The van der Waals surface area contributed by atoms with Gasteiger partial charge in [-0.2, -0.15) is 0 Å². The smallest absolute Gasteiger partial charge is 0.270 e. The van der Waals surface area contributed by atoms with Crippen molar-refractivity contribution in [1.82, 2.24) is 0 Å². The van der Waals surface area contributed by atoms with Gasteiger partial charge in [0.2, 0.25) is 0 Å². The molecule has 2 rings (SSSR count). The van der Waals surface area contributed by atoms with Crippen LogP contribution in [0.2, 0.25) is 0 Å². The molecule has 4 nitrogen and oxygen atoms in total. The molecule has 2 aromatic rings. The van der Waals surface area contributed by atoms with Gasteiger partial charge in [0, 0.05) is 17.7 Å². The van der Waals surface area contributed by atoms with E-state index in [1.54, 1.807) is 23.6 Å². The third-order valence-electron chi connectivity index (χ3n) is 2.17. The summed E-state index contributed by atoms with van der Waals surface area (Å²) in [5.74, 6) is 0. The first-order valence-corrected chi connectivity index (χ1v) is 5.38. The number of carbonyl (C=O) groups is 1. The van der Waals surface area contributed by atoms with Gasteiger partial charge in [-0.05, 0) is 17.0 Å². The molecule has 0 aliphatic carbocycles. The SMILES string of the molecule is O=Cc1sccc1-c1cccc([N+](=O)[O-])c1. The lowest BCUT2D eigenvalue weighted by Crippen LogP contribution is -1.88. The summed E-state index contributed by atoms with van der Waals surface area (Å²) in [6.07, 6.45) is 0.763. The van der Waals surface area contributed by atoms with E-state index in [-0.39, 0.29) is 5.69 Å². The molecule has 0 saturated heterocycles. The Morgan fingerprint density at radius 2 is 2.12 bits per heavy atom. The summed E-state index contributed by atoms with van der Waals surface area (Å²) >= 11 is 1.32. The Bertz CT molecular complexity index is 548. The number of carbonyl (C=O) groups excluding carboxylic acids is 1. The molecule has 0 unspecified atom stereocenters. The van der Waals surface area contributed by atoms with Crippen molar-refractivity contribution in [3.63, 3.8) is 0 Å². The number of hydrogen-bond acceptors (Lipinski definition) is 4. The van der Waals surface area contributed by atoms with Crippen molar-refractivity contribution >= 4 is 23.3 Å². The van der Waals surface area contributed by atoms with Gasteiger partial charge in [0.15, 0.2) is 6.29 Å². The van der Waals surface area contributed by atoms with E-state index in [1.807, 2.05) is 0 Å². The number of thiophene rings is 1. The van der Waals surface area contributed by atoms with Gasteiger partial charge in [-0.3, -0.25) is 14.9 Å². The largest absolute Gasteiger partial charge is 0.297 e. The number of benzene rings is 1. The van der Waals surface area contributed by atoms with Crippen molar-refractivity contribution in [2.45, 2.75) is 0 Å². The van der Waals surface area contributed by atoms with Gasteiger partial charge in [0.05, 0.1) is 9.80 Å². The maximum absolute atomic E-state index is 10.8. The van der Waals surface area contributed by atoms with Gasteiger partial charge >= 0.3 is 0 Å². The Morgan fingerprint density at radius 1 is 1.31 bits per heavy atom. The molecule has 1 heterocycles. The molecule has 80 valence electrons. The molecule has 0 bridgehead atoms. The van der Waals surface area contributed by atoms with E-state index in [4.69, 9.17) is 0 Å². The van der Waals surface area contributed by atoms with Crippen LogP contribution in [-0.2, 0) is 0 Å². The summed E-state index contributed by atoms with van der Waals surface area (Å²) in [7, 11) is 0. The van der Waals surface area contributed by atoms with E-state index in [2.05, 4.69) is 0 Å². The van der Waals surface area contributed by atoms with Crippen LogP contribution in [-0.4, -0.2) is 11.2 Å². The monoisotopic (exact) mass is 233 g/mol. The third-order valence-corrected chi connectivity index (χ3v) is 3.01. The van der Waals surface area contributed by atoms with E-state index in [9.17, 15) is 14.9 Å². The van der Waals surface area contributed by atoms with Crippen LogP contribution in [0.25, 0.3) is 11.1 Å². The van der Waals surface area contributed by atoms with Gasteiger partial charge in [-0.25, -0.2) is 0 Å². The zero-order valence-electron chi connectivity index (χ0n) is 8.12. The van der Waals surface area contributed by atoms with Crippen LogP contribution < -0.4 is 0 Å². The second-order valence-corrected chi connectivity index (χ2v) is 4.07. The quantitative estimate of drug-likeness (QED) is 0.465. The Balaban J connectivity index is 2.52. The molecule has 16 heavy (non-hydrogen) atoms. The summed E-state index contributed by atoms with van der Waals surface area (Å²) in [4.78, 5) is 21.5. The fourth-order valence-electron chi connectivity index (χ4n) is 1.44. The first kappa shape index (κ1) is 10.5. The molecular formula is C11H7NO3S. The highest BCUT2D eigenvalue weighted by atomic mass is 32.1. The van der Waals surface area contributed by atoms with Crippen LogP contribution in [0.15, 0.2) is 35.7 Å². The summed E-state index contributed by atoms with van der Waals surface area (Å²) in [5, 5.41) is 12.4. The fraction of sp³-hybridized carbons (Fsp3) is 0. The highest BCUT2D eigenvalue weighted by Gasteiger charge is 2.10. The third kappa shape index (κ3) is 1.85. The summed E-state index contributed by atoms with van der Waals surface area (Å²) < 4.78 is 0. The Morgan fingerprint density at radius 3 is 2.81 bits per heavy atom. The van der Waals surface area contributed by atoms with Gasteiger partial charge in [-0.15, -0.1) is 11.3 Å². The second kappa shape index (κ2) is 4.24. The maximum atomic E-state index is 10.8. The van der Waals surface area contributed by atoms with Gasteiger partial charge in [0.25, 0.3) is 5.69 Å². The predicted molar refractivity (Wildman–Crippen MR) is 61.8 cm³/mol. The fourth-order valence-corrected chi connectivity index (χ4v) is 2.16. The van der Waals surface area contributed by atoms with Crippen molar-refractivity contribution < 1.29 is 9.72 Å². The molecule has 0 atom stereocenters. The van der Waals surface area contributed by atoms with E-state index in [0.717, 1.165) is 11.8 Å². The lowest BCUT2D eigenvalue weighted by molar-refractivity contribution is -0.384. The minimum absolute atomic E-state index is 0.0283. The molecule has 0 radical (unpaired) electrons. The Labute approximate surface area is 95.3 Å². The van der Waals surface area contributed by atoms with Crippen LogP contribution >= 0.6 is 11.3 Å². The van der Waals surface area contributed by atoms with Gasteiger partial charge < -0.3 is 0 Å². The highest BCUT2D eigenvalue weighted by molar-refractivity contribution is 7.12. The molecule has 1 aromatic carbocycles. The number of non-ortho nitro benzene ring substituents is 1. The molecular weight excluding hydrogens is 226 g/mol. The van der Waals surface area contributed by atoms with Crippen molar-refractivity contribution in [2.75, 3.05) is 0 Å². The van der Waals surface area contributed by atoms with Crippen LogP contribution in [0.3, 0.4) is 0 Å². The number of nitro benzene ring substituents is 1. The average molecular weight is 233 g/mol. The van der Waals surface area contributed by atoms with Crippen LogP contribution in [0.5, 0.6) is 0 Å². The summed E-state index contributed by atoms with van der Waals surface area (Å²) in [6.45, 7) is 0. The average Bonchev–Trinajstić information content (AvgIpc) is 2.77. The zero-order chi connectivity index (χ0) is 11.5. The van der Waals surface area contributed by atoms with E-state index < -0.39 is 4.92 Å². The van der Waals surface area contributed by atoms with Crippen LogP contribution in [0.4, 0.5) is 5.69 Å². The molecule has 0 saturated carbocycles. The van der Waals surface area contributed by atoms with Crippen molar-refractivity contribution in [1.29, 1.82) is 0 Å². The van der Waals surface area contributed by atoms with Crippen molar-refractivity contribution in [3.05, 3.63) is 50.7 Å². The highest BCUT2D eigenvalue weighted by Crippen LogP contribution is 2.29. The lowest BCUT2D eigenvalue weighted by atomic mass is 10.1. The molecule has 0 N–H and O–H groups in total. The van der Waals surface area contributed by atoms with E-state index in [1.165, 1.54) is 23.5 Å². The Hall–Kier alpha value is -2.01. The number of hydrogen-bond donors (Lipinski definition) is 0. The number of nitrogens with zero attached hydrogens (tertiary/aromatic N) is 1. The Kier molecular flexibility index (Phi) is 2.78. The zero-order valence-corrected chi connectivity index (χ0v) is 8.94. The van der Waals surface area contributed by atoms with Crippen LogP contribution in [0, 0.1) is 10.1 Å². The molecule has 0 aliphatic rings. The molecule has 1 aromatic heterocycles. The molecule has 0 aliphatic heterocycles. The number of rotatable bonds is 3. The first-order valence-electron chi connectivity index (χ1n) is 4.50. The van der Waals surface area contributed by atoms with Crippen LogP contribution in [0.1, 0.15) is 9.67 Å². The van der Waals surface area contributed by atoms with Crippen molar-refractivity contribution in [2.24, 2.45) is 0 Å². The topological polar surface area (TPSA) is 60.2 Å². The van der Waals surface area contributed by atoms with E-state index >= 15 is 0 Å². The molecule has 5 heteroatoms. The summed E-state index contributed by atoms with van der Waals surface area (Å²) in [5.41, 5.74) is 1.46. The lowest BCUT2D eigenvalue weighted by Gasteiger charge is -1.99. The van der Waals surface area contributed by atoms with Gasteiger partial charge in [-0.1, -0.05) is 12.1 Å². The molecule has 0 fully saturated rings. The summed E-state index contributed by atoms with van der Waals surface area (Å²) in [6, 6.07) is 8.04. The maximum Gasteiger partial charge on any atom is 0.270 e. The minimum Gasteiger partial charge on any atom is -0.297 e. The van der Waals surface area contributed by atoms with Crippen molar-refractivity contribution in [3.8, 4) is 11.1 Å². The minimum atomic E-state index is -0.448. The molecule has 0 spiro atoms. The van der Waals surface area contributed by atoms with Gasteiger partial charge in [0.1, 0.15) is 0 Å². The predicted octanol–water partition coefficient (Wildman–Crippen LogP) is 3.14.